The zero-order valence-corrected chi connectivity index (χ0v) is 15.7. The van der Waals surface area contributed by atoms with Crippen LogP contribution in [0, 0.1) is 0 Å². The van der Waals surface area contributed by atoms with Crippen LogP contribution in [0.3, 0.4) is 0 Å². The van der Waals surface area contributed by atoms with Crippen molar-refractivity contribution in [3.05, 3.63) is 59.7 Å². The van der Waals surface area contributed by atoms with Crippen LogP contribution in [0.4, 0.5) is 5.69 Å². The van der Waals surface area contributed by atoms with E-state index in [9.17, 15) is 9.59 Å². The SMILES string of the molecule is CCOc1cccc(N2C(=O)/C(=C/c3ccccc3OC)C(=O)NC2=S)c1. The van der Waals surface area contributed by atoms with Crippen LogP contribution in [0.25, 0.3) is 6.08 Å². The topological polar surface area (TPSA) is 67.9 Å². The van der Waals surface area contributed by atoms with E-state index >= 15 is 0 Å². The van der Waals surface area contributed by atoms with Crippen LogP contribution in [0.5, 0.6) is 11.5 Å². The summed E-state index contributed by atoms with van der Waals surface area (Å²) >= 11 is 5.22. The summed E-state index contributed by atoms with van der Waals surface area (Å²) in [5, 5.41) is 2.59. The number of nitrogens with zero attached hydrogens (tertiary/aromatic N) is 1. The molecule has 2 amide bonds. The van der Waals surface area contributed by atoms with Crippen molar-refractivity contribution in [3.8, 4) is 11.5 Å². The van der Waals surface area contributed by atoms with Crippen LogP contribution in [0.15, 0.2) is 54.1 Å². The lowest BCUT2D eigenvalue weighted by molar-refractivity contribution is -0.122. The predicted molar refractivity (Wildman–Crippen MR) is 107 cm³/mol. The molecule has 1 heterocycles. The summed E-state index contributed by atoms with van der Waals surface area (Å²) in [7, 11) is 1.53. The molecule has 138 valence electrons. The lowest BCUT2D eigenvalue weighted by Crippen LogP contribution is -2.54. The number of benzene rings is 2. The Balaban J connectivity index is 2.01. The molecule has 0 bridgehead atoms. The average molecular weight is 382 g/mol. The van der Waals surface area contributed by atoms with Gasteiger partial charge in [0.1, 0.15) is 17.1 Å². The predicted octanol–water partition coefficient (Wildman–Crippen LogP) is 2.93. The molecule has 1 aliphatic rings. The number of rotatable bonds is 5. The maximum absolute atomic E-state index is 13.0. The number of carbonyl (C=O) groups is 2. The van der Waals surface area contributed by atoms with E-state index in [1.807, 2.05) is 13.0 Å². The van der Waals surface area contributed by atoms with Gasteiger partial charge in [-0.3, -0.25) is 19.8 Å². The molecule has 1 saturated heterocycles. The molecule has 1 aliphatic heterocycles. The number of hydrogen-bond acceptors (Lipinski definition) is 5. The van der Waals surface area contributed by atoms with Gasteiger partial charge in [-0.2, -0.15) is 0 Å². The summed E-state index contributed by atoms with van der Waals surface area (Å²) in [5.74, 6) is 0.109. The van der Waals surface area contributed by atoms with Gasteiger partial charge in [-0.05, 0) is 43.4 Å². The molecule has 3 rings (SSSR count). The molecule has 0 aliphatic carbocycles. The quantitative estimate of drug-likeness (QED) is 0.489. The fraction of sp³-hybridized carbons (Fsp3) is 0.150. The van der Waals surface area contributed by atoms with Crippen molar-refractivity contribution in [2.24, 2.45) is 0 Å². The fourth-order valence-electron chi connectivity index (χ4n) is 2.71. The van der Waals surface area contributed by atoms with E-state index in [0.29, 0.717) is 29.4 Å². The lowest BCUT2D eigenvalue weighted by atomic mass is 10.1. The van der Waals surface area contributed by atoms with Crippen molar-refractivity contribution >= 4 is 40.9 Å². The van der Waals surface area contributed by atoms with Crippen molar-refractivity contribution in [2.45, 2.75) is 6.92 Å². The molecular weight excluding hydrogens is 364 g/mol. The number of methoxy groups -OCH3 is 1. The Morgan fingerprint density at radius 3 is 2.67 bits per heavy atom. The molecule has 0 radical (unpaired) electrons. The van der Waals surface area contributed by atoms with E-state index in [1.54, 1.807) is 42.5 Å². The van der Waals surface area contributed by atoms with Crippen molar-refractivity contribution < 1.29 is 19.1 Å². The summed E-state index contributed by atoms with van der Waals surface area (Å²) in [6, 6.07) is 14.1. The minimum absolute atomic E-state index is 0.0239. The van der Waals surface area contributed by atoms with Crippen molar-refractivity contribution in [3.63, 3.8) is 0 Å². The average Bonchev–Trinajstić information content (AvgIpc) is 2.66. The Morgan fingerprint density at radius 2 is 1.93 bits per heavy atom. The third-order valence-electron chi connectivity index (χ3n) is 3.93. The van der Waals surface area contributed by atoms with Gasteiger partial charge in [-0.1, -0.05) is 24.3 Å². The molecule has 0 unspecified atom stereocenters. The van der Waals surface area contributed by atoms with Crippen molar-refractivity contribution in [2.75, 3.05) is 18.6 Å². The Labute approximate surface area is 162 Å². The standard InChI is InChI=1S/C20H18N2O4S/c1-3-26-15-9-6-8-14(12-15)22-19(24)16(18(23)21-20(22)27)11-13-7-4-5-10-17(13)25-2/h4-12H,3H2,1-2H3,(H,21,23,27)/b16-11+. The molecule has 7 heteroatoms. The second kappa shape index (κ2) is 8.01. The second-order valence-electron chi connectivity index (χ2n) is 5.63. The maximum atomic E-state index is 13.0. The summed E-state index contributed by atoms with van der Waals surface area (Å²) in [6.45, 7) is 2.37. The first-order valence-corrected chi connectivity index (χ1v) is 8.73. The summed E-state index contributed by atoms with van der Waals surface area (Å²) in [5.41, 5.74) is 1.10. The highest BCUT2D eigenvalue weighted by molar-refractivity contribution is 7.80. The molecule has 2 aromatic rings. The van der Waals surface area contributed by atoms with Crippen LogP contribution in [0.1, 0.15) is 12.5 Å². The number of anilines is 1. The molecule has 1 fully saturated rings. The molecule has 1 N–H and O–H groups in total. The molecule has 27 heavy (non-hydrogen) atoms. The van der Waals surface area contributed by atoms with Crippen LogP contribution < -0.4 is 19.7 Å². The highest BCUT2D eigenvalue weighted by Gasteiger charge is 2.34. The number of hydrogen-bond donors (Lipinski definition) is 1. The monoisotopic (exact) mass is 382 g/mol. The van der Waals surface area contributed by atoms with E-state index in [0.717, 1.165) is 0 Å². The Kier molecular flexibility index (Phi) is 5.52. The second-order valence-corrected chi connectivity index (χ2v) is 6.02. The van der Waals surface area contributed by atoms with Gasteiger partial charge in [-0.25, -0.2) is 0 Å². The van der Waals surface area contributed by atoms with E-state index in [4.69, 9.17) is 21.7 Å². The number of ether oxygens (including phenoxy) is 2. The molecule has 0 atom stereocenters. The van der Waals surface area contributed by atoms with Crippen LogP contribution in [-0.4, -0.2) is 30.6 Å². The third kappa shape index (κ3) is 3.83. The minimum atomic E-state index is -0.548. The largest absolute Gasteiger partial charge is 0.496 e. The summed E-state index contributed by atoms with van der Waals surface area (Å²) in [4.78, 5) is 26.7. The van der Waals surface area contributed by atoms with Gasteiger partial charge in [0, 0.05) is 11.6 Å². The molecule has 0 aromatic heterocycles. The number of nitrogens with one attached hydrogen (secondary N) is 1. The smallest absolute Gasteiger partial charge is 0.270 e. The van der Waals surface area contributed by atoms with Gasteiger partial charge in [-0.15, -0.1) is 0 Å². The maximum Gasteiger partial charge on any atom is 0.270 e. The molecular formula is C20H18N2O4S. The Hall–Kier alpha value is -3.19. The summed E-state index contributed by atoms with van der Waals surface area (Å²) in [6.07, 6.45) is 1.50. The van der Waals surface area contributed by atoms with Crippen molar-refractivity contribution in [1.82, 2.24) is 5.32 Å². The van der Waals surface area contributed by atoms with Crippen LogP contribution in [0.2, 0.25) is 0 Å². The minimum Gasteiger partial charge on any atom is -0.496 e. The molecule has 0 spiro atoms. The zero-order chi connectivity index (χ0) is 19.4. The lowest BCUT2D eigenvalue weighted by Gasteiger charge is -2.29. The molecule has 2 aromatic carbocycles. The van der Waals surface area contributed by atoms with E-state index in [2.05, 4.69) is 5.32 Å². The van der Waals surface area contributed by atoms with Gasteiger partial charge in [0.25, 0.3) is 11.8 Å². The zero-order valence-electron chi connectivity index (χ0n) is 14.9. The highest BCUT2D eigenvalue weighted by atomic mass is 32.1. The number of para-hydroxylation sites is 1. The first-order chi connectivity index (χ1) is 13.0. The number of amides is 2. The van der Waals surface area contributed by atoms with Gasteiger partial charge in [0.15, 0.2) is 5.11 Å². The third-order valence-corrected chi connectivity index (χ3v) is 4.21. The van der Waals surface area contributed by atoms with Crippen LogP contribution >= 0.6 is 12.2 Å². The fourth-order valence-corrected chi connectivity index (χ4v) is 2.99. The highest BCUT2D eigenvalue weighted by Crippen LogP contribution is 2.27. The number of thiocarbonyl (C=S) groups is 1. The van der Waals surface area contributed by atoms with Gasteiger partial charge >= 0.3 is 0 Å². The van der Waals surface area contributed by atoms with E-state index < -0.39 is 11.8 Å². The number of carbonyl (C=O) groups excluding carboxylic acids is 2. The summed E-state index contributed by atoms with van der Waals surface area (Å²) < 4.78 is 10.8. The van der Waals surface area contributed by atoms with E-state index in [1.165, 1.54) is 18.1 Å². The first kappa shape index (κ1) is 18.6. The van der Waals surface area contributed by atoms with E-state index in [-0.39, 0.29) is 10.7 Å². The van der Waals surface area contributed by atoms with Gasteiger partial charge in [0.2, 0.25) is 0 Å². The Morgan fingerprint density at radius 1 is 1.15 bits per heavy atom. The first-order valence-electron chi connectivity index (χ1n) is 8.32. The van der Waals surface area contributed by atoms with Gasteiger partial charge < -0.3 is 9.47 Å². The van der Waals surface area contributed by atoms with Crippen LogP contribution in [-0.2, 0) is 9.59 Å². The Bertz CT molecular complexity index is 939. The normalized spacial score (nSPS) is 15.7. The molecule has 0 saturated carbocycles. The van der Waals surface area contributed by atoms with Crippen molar-refractivity contribution in [1.29, 1.82) is 0 Å². The van der Waals surface area contributed by atoms with Gasteiger partial charge in [0.05, 0.1) is 19.4 Å². The molecule has 6 nitrogen and oxygen atoms in total.